The first-order chi connectivity index (χ1) is 6.36. The molecule has 0 heterocycles. The summed E-state index contributed by atoms with van der Waals surface area (Å²) >= 11 is 6.02. The van der Waals surface area contributed by atoms with Crippen LogP contribution in [-0.4, -0.2) is 18.6 Å². The summed E-state index contributed by atoms with van der Waals surface area (Å²) in [5.74, 6) is 3.01. The molecule has 0 aromatic heterocycles. The molecule has 0 unspecified atom stereocenters. The smallest absolute Gasteiger partial charge is 0.118 e. The van der Waals surface area contributed by atoms with E-state index in [1.807, 2.05) is 23.9 Å². The van der Waals surface area contributed by atoms with E-state index in [0.717, 1.165) is 23.7 Å². The minimum Gasteiger partial charge on any atom is -0.497 e. The average molecular weight is 214 g/mol. The lowest BCUT2D eigenvalue weighted by molar-refractivity contribution is 0.414. The third kappa shape index (κ3) is 3.96. The zero-order valence-electron chi connectivity index (χ0n) is 7.69. The second-order valence-electron chi connectivity index (χ2n) is 2.60. The molecule has 13 heavy (non-hydrogen) atoms. The molecular weight excluding hydrogens is 200 g/mol. The number of ether oxygens (including phenoxy) is 1. The summed E-state index contributed by atoms with van der Waals surface area (Å²) in [6.45, 7) is 0. The highest BCUT2D eigenvalue weighted by atomic mass is 32.2. The fourth-order valence-electron chi connectivity index (χ4n) is 0.927. The van der Waals surface area contributed by atoms with E-state index in [0.29, 0.717) is 0 Å². The average Bonchev–Trinajstić information content (AvgIpc) is 2.19. The third-order valence-corrected chi connectivity index (χ3v) is 3.05. The zero-order chi connectivity index (χ0) is 9.52. The van der Waals surface area contributed by atoms with Gasteiger partial charge in [-0.3, -0.25) is 0 Å². The van der Waals surface area contributed by atoms with Crippen LogP contribution in [0.1, 0.15) is 6.42 Å². The Morgan fingerprint density at radius 2 is 2.00 bits per heavy atom. The van der Waals surface area contributed by atoms with Crippen molar-refractivity contribution in [1.29, 1.82) is 0 Å². The van der Waals surface area contributed by atoms with Gasteiger partial charge in [0.05, 0.1) is 7.11 Å². The van der Waals surface area contributed by atoms with E-state index in [2.05, 4.69) is 24.8 Å². The van der Waals surface area contributed by atoms with E-state index >= 15 is 0 Å². The lowest BCUT2D eigenvalue weighted by Gasteiger charge is -2.02. The van der Waals surface area contributed by atoms with E-state index < -0.39 is 0 Å². The summed E-state index contributed by atoms with van der Waals surface area (Å²) in [7, 11) is 1.68. The van der Waals surface area contributed by atoms with Crippen molar-refractivity contribution >= 4 is 24.4 Å². The fraction of sp³-hybridized carbons (Fsp3) is 0.400. The topological polar surface area (TPSA) is 9.23 Å². The van der Waals surface area contributed by atoms with Gasteiger partial charge in [0.2, 0.25) is 0 Å². The Kier molecular flexibility index (Phi) is 5.16. The molecule has 0 atom stereocenters. The molecule has 1 aromatic carbocycles. The van der Waals surface area contributed by atoms with Crippen LogP contribution in [0.25, 0.3) is 0 Å². The molecule has 3 heteroatoms. The van der Waals surface area contributed by atoms with Crippen LogP contribution < -0.4 is 4.74 Å². The normalized spacial score (nSPS) is 10.0. The largest absolute Gasteiger partial charge is 0.497 e. The van der Waals surface area contributed by atoms with Gasteiger partial charge in [0.15, 0.2) is 0 Å². The highest BCUT2D eigenvalue weighted by Crippen LogP contribution is 2.21. The van der Waals surface area contributed by atoms with Gasteiger partial charge in [-0.2, -0.15) is 12.6 Å². The lowest BCUT2D eigenvalue weighted by atomic mass is 10.3. The van der Waals surface area contributed by atoms with Crippen molar-refractivity contribution in [3.05, 3.63) is 24.3 Å². The monoisotopic (exact) mass is 214 g/mol. The quantitative estimate of drug-likeness (QED) is 0.458. The molecule has 0 fully saturated rings. The summed E-state index contributed by atoms with van der Waals surface area (Å²) in [4.78, 5) is 1.29. The number of hydrogen-bond donors (Lipinski definition) is 1. The molecule has 1 rings (SSSR count). The highest BCUT2D eigenvalue weighted by molar-refractivity contribution is 7.99. The predicted molar refractivity (Wildman–Crippen MR) is 62.2 cm³/mol. The van der Waals surface area contributed by atoms with Crippen LogP contribution in [0, 0.1) is 0 Å². The minimum atomic E-state index is 0.915. The Morgan fingerprint density at radius 3 is 2.54 bits per heavy atom. The van der Waals surface area contributed by atoms with Gasteiger partial charge < -0.3 is 4.74 Å². The van der Waals surface area contributed by atoms with Crippen LogP contribution in [0.2, 0.25) is 0 Å². The molecule has 0 N–H and O–H groups in total. The summed E-state index contributed by atoms with van der Waals surface area (Å²) in [5.41, 5.74) is 0. The molecule has 0 aliphatic heterocycles. The minimum absolute atomic E-state index is 0.915. The predicted octanol–water partition coefficient (Wildman–Crippen LogP) is 3.11. The van der Waals surface area contributed by atoms with E-state index in [1.165, 1.54) is 4.90 Å². The van der Waals surface area contributed by atoms with Gasteiger partial charge in [-0.1, -0.05) is 0 Å². The molecule has 0 saturated heterocycles. The molecule has 0 aliphatic rings. The van der Waals surface area contributed by atoms with Crippen molar-refractivity contribution in [2.45, 2.75) is 11.3 Å². The maximum Gasteiger partial charge on any atom is 0.118 e. The van der Waals surface area contributed by atoms with Crippen LogP contribution >= 0.6 is 24.4 Å². The molecule has 1 aromatic rings. The maximum absolute atomic E-state index is 5.07. The SMILES string of the molecule is COc1ccc(SCCCS)cc1. The van der Waals surface area contributed by atoms with E-state index in [4.69, 9.17) is 4.74 Å². The molecule has 0 spiro atoms. The van der Waals surface area contributed by atoms with Crippen molar-refractivity contribution in [3.63, 3.8) is 0 Å². The van der Waals surface area contributed by atoms with Crippen LogP contribution in [0.15, 0.2) is 29.2 Å². The van der Waals surface area contributed by atoms with Gasteiger partial charge in [0.25, 0.3) is 0 Å². The summed E-state index contributed by atoms with van der Waals surface area (Å²) < 4.78 is 5.07. The standard InChI is InChI=1S/C10H14OS2/c1-11-9-3-5-10(6-4-9)13-8-2-7-12/h3-6,12H,2,7-8H2,1H3. The summed E-state index contributed by atoms with van der Waals surface area (Å²) in [5, 5.41) is 0. The van der Waals surface area contributed by atoms with Gasteiger partial charge in [0, 0.05) is 4.90 Å². The molecule has 1 nitrogen and oxygen atoms in total. The molecule has 72 valence electrons. The van der Waals surface area contributed by atoms with Crippen LogP contribution in [0.4, 0.5) is 0 Å². The molecule has 0 aliphatic carbocycles. The van der Waals surface area contributed by atoms with E-state index in [1.54, 1.807) is 7.11 Å². The van der Waals surface area contributed by atoms with Crippen LogP contribution in [0.3, 0.4) is 0 Å². The van der Waals surface area contributed by atoms with Gasteiger partial charge in [-0.05, 0) is 42.2 Å². The second-order valence-corrected chi connectivity index (χ2v) is 4.22. The van der Waals surface area contributed by atoms with E-state index in [-0.39, 0.29) is 0 Å². The molecular formula is C10H14OS2. The maximum atomic E-state index is 5.07. The van der Waals surface area contributed by atoms with Gasteiger partial charge in [-0.15, -0.1) is 11.8 Å². The Balaban J connectivity index is 2.40. The first-order valence-electron chi connectivity index (χ1n) is 4.24. The molecule has 0 bridgehead atoms. The Labute approximate surface area is 89.3 Å². The number of thioether (sulfide) groups is 1. The second kappa shape index (κ2) is 6.22. The van der Waals surface area contributed by atoms with Crippen LogP contribution in [-0.2, 0) is 0 Å². The number of hydrogen-bond acceptors (Lipinski definition) is 3. The number of thiol groups is 1. The first kappa shape index (κ1) is 10.8. The lowest BCUT2D eigenvalue weighted by Crippen LogP contribution is -1.83. The van der Waals surface area contributed by atoms with E-state index in [9.17, 15) is 0 Å². The third-order valence-electron chi connectivity index (χ3n) is 1.63. The van der Waals surface area contributed by atoms with Gasteiger partial charge in [-0.25, -0.2) is 0 Å². The first-order valence-corrected chi connectivity index (χ1v) is 5.86. The van der Waals surface area contributed by atoms with Crippen molar-refractivity contribution in [2.24, 2.45) is 0 Å². The summed E-state index contributed by atoms with van der Waals surface area (Å²) in [6.07, 6.45) is 1.15. The van der Waals surface area contributed by atoms with Crippen molar-refractivity contribution in [1.82, 2.24) is 0 Å². The zero-order valence-corrected chi connectivity index (χ0v) is 9.41. The van der Waals surface area contributed by atoms with Crippen molar-refractivity contribution < 1.29 is 4.74 Å². The van der Waals surface area contributed by atoms with Crippen molar-refractivity contribution in [3.8, 4) is 5.75 Å². The van der Waals surface area contributed by atoms with Gasteiger partial charge >= 0.3 is 0 Å². The highest BCUT2D eigenvalue weighted by Gasteiger charge is 1.94. The van der Waals surface area contributed by atoms with Crippen LogP contribution in [0.5, 0.6) is 5.75 Å². The molecule has 0 radical (unpaired) electrons. The number of benzene rings is 1. The number of methoxy groups -OCH3 is 1. The Hall–Kier alpha value is -0.280. The van der Waals surface area contributed by atoms with Gasteiger partial charge in [0.1, 0.15) is 5.75 Å². The summed E-state index contributed by atoms with van der Waals surface area (Å²) in [6, 6.07) is 8.15. The molecule has 0 saturated carbocycles. The molecule has 0 amide bonds. The Morgan fingerprint density at radius 1 is 1.31 bits per heavy atom. The Bertz CT molecular complexity index is 233. The fourth-order valence-corrected chi connectivity index (χ4v) is 2.15. The van der Waals surface area contributed by atoms with Crippen molar-refractivity contribution in [2.75, 3.05) is 18.6 Å². The number of rotatable bonds is 5.